The van der Waals surface area contributed by atoms with Crippen molar-refractivity contribution in [2.75, 3.05) is 35.3 Å². The molecular weight excluding hydrogens is 672 g/mol. The lowest BCUT2D eigenvalue weighted by atomic mass is 10.1. The Morgan fingerprint density at radius 2 is 0.911 bits per heavy atom. The van der Waals surface area contributed by atoms with E-state index in [0.29, 0.717) is 18.6 Å². The molecule has 0 heterocycles. The normalized spacial score (nSPS) is 13.8. The Bertz CT molecular complexity index is 965. The zero-order chi connectivity index (χ0) is 36.3. The Morgan fingerprint density at radius 1 is 0.578 bits per heavy atom. The van der Waals surface area contributed by atoms with Crippen LogP contribution < -0.4 is 34.4 Å². The Balaban J connectivity index is -0.000000256. The van der Waals surface area contributed by atoms with E-state index < -0.39 is 76.1 Å². The molecule has 5 atom stereocenters. The maximum Gasteiger partial charge on any atom is 0.321 e. The van der Waals surface area contributed by atoms with Crippen molar-refractivity contribution in [1.29, 1.82) is 0 Å². The average Bonchev–Trinajstić information content (AvgIpc) is 2.90. The molecule has 0 spiro atoms. The maximum atomic E-state index is 10.3. The van der Waals surface area contributed by atoms with E-state index in [1.807, 2.05) is 0 Å². The number of thioether (sulfide) groups is 2. The van der Waals surface area contributed by atoms with Crippen LogP contribution in [-0.2, 0) is 38.9 Å². The Morgan fingerprint density at radius 3 is 1.18 bits per heavy atom. The Hall–Kier alpha value is -2.81. The van der Waals surface area contributed by atoms with Crippen molar-refractivity contribution in [1.82, 2.24) is 0 Å². The van der Waals surface area contributed by atoms with Gasteiger partial charge in [-0.25, -0.2) is 0 Å². The number of hydrogen-bond acceptors (Lipinski definition) is 16. The first-order chi connectivity index (χ1) is 20.5. The summed E-state index contributed by atoms with van der Waals surface area (Å²) in [5.74, 6) is -5.59. The molecule has 0 amide bonds. The summed E-state index contributed by atoms with van der Waals surface area (Å²) in [5, 5.41) is 50.0. The molecular formula is C21H44N6O15S3. The molecule has 0 aromatic carbocycles. The first-order valence-corrected chi connectivity index (χ1v) is 16.4. The van der Waals surface area contributed by atoms with Crippen molar-refractivity contribution >= 4 is 69.5 Å². The minimum Gasteiger partial charge on any atom is -0.481 e. The first-order valence-electron chi connectivity index (χ1n) is 12.4. The SMILES string of the molecule is NC(CCCC(=O)O)C(=O)O.NC(CCSCC(N)C(=O)O)C(=O)O.NC(CSCC(N)C(=O)O)C(=O)O.NCCS(=O)(=O)O. The van der Waals surface area contributed by atoms with E-state index >= 15 is 0 Å². The summed E-state index contributed by atoms with van der Waals surface area (Å²) < 4.78 is 27.3. The third-order valence-electron chi connectivity index (χ3n) is 4.33. The van der Waals surface area contributed by atoms with Crippen molar-refractivity contribution in [2.24, 2.45) is 34.4 Å². The number of carboxylic acids is 6. The molecule has 0 aliphatic rings. The predicted octanol–water partition coefficient (Wildman–Crippen LogP) is -4.04. The summed E-state index contributed by atoms with van der Waals surface area (Å²) in [6, 6.07) is -4.66. The highest BCUT2D eigenvalue weighted by Gasteiger charge is 2.16. The monoisotopic (exact) mass is 716 g/mol. The van der Waals surface area contributed by atoms with E-state index in [9.17, 15) is 37.2 Å². The van der Waals surface area contributed by atoms with Gasteiger partial charge < -0.3 is 65.0 Å². The Kier molecular flexibility index (Phi) is 31.2. The number of aliphatic carboxylic acids is 6. The summed E-state index contributed by atoms with van der Waals surface area (Å²) >= 11 is 2.40. The molecule has 0 fully saturated rings. The molecule has 266 valence electrons. The molecule has 0 rings (SSSR count). The number of hydrogen-bond donors (Lipinski definition) is 13. The molecule has 0 saturated carbocycles. The fourth-order valence-electron chi connectivity index (χ4n) is 1.83. The highest BCUT2D eigenvalue weighted by atomic mass is 32.2. The van der Waals surface area contributed by atoms with Gasteiger partial charge in [-0.15, -0.1) is 0 Å². The van der Waals surface area contributed by atoms with Crippen LogP contribution in [0.25, 0.3) is 0 Å². The van der Waals surface area contributed by atoms with E-state index in [1.54, 1.807) is 0 Å². The van der Waals surface area contributed by atoms with Gasteiger partial charge in [-0.1, -0.05) is 0 Å². The van der Waals surface area contributed by atoms with Gasteiger partial charge in [0.25, 0.3) is 10.1 Å². The molecule has 0 aliphatic heterocycles. The molecule has 0 aromatic heterocycles. The highest BCUT2D eigenvalue weighted by Crippen LogP contribution is 2.06. The summed E-state index contributed by atoms with van der Waals surface area (Å²) in [7, 11) is -3.80. The molecule has 0 bridgehead atoms. The standard InChI is InChI=1S/C7H14N2O4S.C6H12N2O4S.C6H11NO4.C2H7NO3S/c8-4(6(10)11)1-2-14-3-5(9)7(12)13;7-3(5(9)10)1-13-2-4(8)6(11)12;7-4(6(10)11)2-1-3-5(8)9;3-1-2-7(4,5)6/h4-5H,1-3,8-9H2,(H,10,11)(H,12,13);3-4H,1-2,7-8H2,(H,9,10)(H,11,12);4H,1-3,7H2,(H,8,9)(H,10,11);1-3H2,(H,4,5,6). The molecule has 21 nitrogen and oxygen atoms in total. The van der Waals surface area contributed by atoms with Crippen LogP contribution in [0.5, 0.6) is 0 Å². The van der Waals surface area contributed by atoms with Crippen LogP contribution in [-0.4, -0.2) is 145 Å². The molecule has 0 aliphatic carbocycles. The topological polar surface area (TPSA) is 434 Å². The van der Waals surface area contributed by atoms with Gasteiger partial charge in [-0.3, -0.25) is 33.3 Å². The smallest absolute Gasteiger partial charge is 0.321 e. The highest BCUT2D eigenvalue weighted by molar-refractivity contribution is 7.99. The molecule has 0 saturated heterocycles. The molecule has 0 aromatic rings. The summed E-state index contributed by atoms with van der Waals surface area (Å²) in [4.78, 5) is 61.1. The van der Waals surface area contributed by atoms with Crippen LogP contribution in [0.15, 0.2) is 0 Å². The van der Waals surface area contributed by atoms with E-state index in [0.717, 1.165) is 11.8 Å². The Labute approximate surface area is 267 Å². The van der Waals surface area contributed by atoms with Crippen molar-refractivity contribution in [3.8, 4) is 0 Å². The van der Waals surface area contributed by atoms with Gasteiger partial charge >= 0.3 is 35.8 Å². The fraction of sp³-hybridized carbons (Fsp3) is 0.714. The molecule has 45 heavy (non-hydrogen) atoms. The maximum absolute atomic E-state index is 10.3. The van der Waals surface area contributed by atoms with Gasteiger partial charge in [-0.2, -0.15) is 31.9 Å². The third kappa shape index (κ3) is 39.2. The van der Waals surface area contributed by atoms with Gasteiger partial charge in [0.1, 0.15) is 30.2 Å². The number of carboxylic acid groups (broad SMARTS) is 6. The second-order valence-corrected chi connectivity index (χ2v) is 12.3. The third-order valence-corrected chi connectivity index (χ3v) is 7.39. The summed E-state index contributed by atoms with van der Waals surface area (Å²) in [5.41, 5.74) is 30.7. The zero-order valence-corrected chi connectivity index (χ0v) is 26.5. The van der Waals surface area contributed by atoms with Gasteiger partial charge in [0.15, 0.2) is 0 Å². The lowest BCUT2D eigenvalue weighted by molar-refractivity contribution is -0.140. The van der Waals surface area contributed by atoms with E-state index in [4.69, 9.17) is 69.6 Å². The van der Waals surface area contributed by atoms with Crippen LogP contribution in [0.1, 0.15) is 25.7 Å². The summed E-state index contributed by atoms with van der Waals surface area (Å²) in [6.07, 6.45) is 0.803. The van der Waals surface area contributed by atoms with Crippen molar-refractivity contribution < 1.29 is 72.4 Å². The minimum atomic E-state index is -3.80. The van der Waals surface area contributed by atoms with E-state index in [2.05, 4.69) is 0 Å². The van der Waals surface area contributed by atoms with Gasteiger partial charge in [0.2, 0.25) is 0 Å². The molecule has 24 heteroatoms. The van der Waals surface area contributed by atoms with Crippen LogP contribution in [0.4, 0.5) is 0 Å². The first kappa shape index (κ1) is 49.1. The van der Waals surface area contributed by atoms with Crippen molar-refractivity contribution in [2.45, 2.75) is 55.9 Å². The zero-order valence-electron chi connectivity index (χ0n) is 24.0. The van der Waals surface area contributed by atoms with Crippen molar-refractivity contribution in [3.63, 3.8) is 0 Å². The number of carbonyl (C=O) groups is 6. The minimum absolute atomic E-state index is 0.0268. The molecule has 19 N–H and O–H groups in total. The van der Waals surface area contributed by atoms with Gasteiger partial charge in [-0.05, 0) is 25.0 Å². The number of nitrogens with two attached hydrogens (primary N) is 6. The second kappa shape index (κ2) is 28.6. The molecule has 0 radical (unpaired) electrons. The van der Waals surface area contributed by atoms with Crippen LogP contribution in [0, 0.1) is 0 Å². The second-order valence-electron chi connectivity index (χ2n) is 8.49. The van der Waals surface area contributed by atoms with Gasteiger partial charge in [0, 0.05) is 30.2 Å². The quantitative estimate of drug-likeness (QED) is 0.0421. The van der Waals surface area contributed by atoms with Crippen LogP contribution in [0.2, 0.25) is 0 Å². The number of rotatable bonds is 20. The lowest BCUT2D eigenvalue weighted by Gasteiger charge is -2.07. The van der Waals surface area contributed by atoms with Crippen molar-refractivity contribution in [3.05, 3.63) is 0 Å². The molecule has 5 unspecified atom stereocenters. The van der Waals surface area contributed by atoms with Crippen LogP contribution in [0.3, 0.4) is 0 Å². The van der Waals surface area contributed by atoms with Gasteiger partial charge in [0.05, 0.1) is 5.75 Å². The summed E-state index contributed by atoms with van der Waals surface area (Å²) in [6.45, 7) is -0.0289. The predicted molar refractivity (Wildman–Crippen MR) is 164 cm³/mol. The van der Waals surface area contributed by atoms with E-state index in [1.165, 1.54) is 11.8 Å². The average molecular weight is 717 g/mol. The largest absolute Gasteiger partial charge is 0.481 e. The fourth-order valence-corrected chi connectivity index (χ4v) is 4.04. The lowest BCUT2D eigenvalue weighted by Crippen LogP contribution is -2.36. The van der Waals surface area contributed by atoms with E-state index in [-0.39, 0.29) is 42.4 Å². The van der Waals surface area contributed by atoms with Crippen LogP contribution >= 0.6 is 23.5 Å².